The molecular weight excluding hydrogens is 356 g/mol. The van der Waals surface area contributed by atoms with Crippen LogP contribution in [-0.4, -0.2) is 74.3 Å². The standard InChI is InChI=1S/C19H30N8O/c1-19(2,26-10-4-3-5-11-26)14-20-18(28)15-8-12-25(13-9-15)17-7-6-16-21-23-24-27(16)22-17/h6-7,15H,3-5,8-14H2,1-2H3,(H,20,28). The van der Waals surface area contributed by atoms with Crippen molar-refractivity contribution in [2.75, 3.05) is 37.6 Å². The fourth-order valence-corrected chi connectivity index (χ4v) is 4.24. The molecule has 0 aliphatic carbocycles. The van der Waals surface area contributed by atoms with Gasteiger partial charge in [0.05, 0.1) is 0 Å². The van der Waals surface area contributed by atoms with Crippen molar-refractivity contribution in [1.82, 2.24) is 35.5 Å². The fourth-order valence-electron chi connectivity index (χ4n) is 4.24. The number of piperidine rings is 2. The van der Waals surface area contributed by atoms with Crippen molar-refractivity contribution in [3.8, 4) is 0 Å². The minimum Gasteiger partial charge on any atom is -0.355 e. The number of rotatable bonds is 5. The number of anilines is 1. The third-order valence-electron chi connectivity index (χ3n) is 6.15. The van der Waals surface area contributed by atoms with E-state index in [0.29, 0.717) is 12.2 Å². The van der Waals surface area contributed by atoms with E-state index in [2.05, 4.69) is 49.6 Å². The van der Waals surface area contributed by atoms with Crippen LogP contribution in [0.15, 0.2) is 12.1 Å². The van der Waals surface area contributed by atoms with Gasteiger partial charge in [0, 0.05) is 31.1 Å². The number of nitrogens with zero attached hydrogens (tertiary/aromatic N) is 7. The molecule has 28 heavy (non-hydrogen) atoms. The maximum absolute atomic E-state index is 12.7. The molecule has 1 amide bonds. The molecule has 4 heterocycles. The topological polar surface area (TPSA) is 91.5 Å². The molecule has 9 heteroatoms. The molecule has 0 spiro atoms. The lowest BCUT2D eigenvalue weighted by Gasteiger charge is -2.41. The molecule has 9 nitrogen and oxygen atoms in total. The second-order valence-electron chi connectivity index (χ2n) is 8.56. The summed E-state index contributed by atoms with van der Waals surface area (Å²) >= 11 is 0. The Kier molecular flexibility index (Phi) is 5.43. The van der Waals surface area contributed by atoms with Crippen molar-refractivity contribution in [2.24, 2.45) is 5.92 Å². The van der Waals surface area contributed by atoms with Crippen molar-refractivity contribution in [3.05, 3.63) is 12.1 Å². The maximum atomic E-state index is 12.7. The van der Waals surface area contributed by atoms with Crippen LogP contribution in [0.1, 0.15) is 46.0 Å². The number of likely N-dealkylation sites (tertiary alicyclic amines) is 1. The van der Waals surface area contributed by atoms with Crippen LogP contribution >= 0.6 is 0 Å². The molecule has 0 bridgehead atoms. The van der Waals surface area contributed by atoms with E-state index in [0.717, 1.165) is 44.8 Å². The summed E-state index contributed by atoms with van der Waals surface area (Å²) in [4.78, 5) is 17.4. The average molecular weight is 387 g/mol. The van der Waals surface area contributed by atoms with E-state index >= 15 is 0 Å². The number of carbonyl (C=O) groups is 1. The van der Waals surface area contributed by atoms with Gasteiger partial charge in [-0.1, -0.05) is 6.42 Å². The smallest absolute Gasteiger partial charge is 0.223 e. The Labute approximate surface area is 165 Å². The normalized spacial score (nSPS) is 19.9. The summed E-state index contributed by atoms with van der Waals surface area (Å²) in [6.45, 7) is 9.09. The van der Waals surface area contributed by atoms with Gasteiger partial charge in [0.25, 0.3) is 0 Å². The second kappa shape index (κ2) is 7.98. The zero-order valence-corrected chi connectivity index (χ0v) is 16.8. The monoisotopic (exact) mass is 386 g/mol. The molecule has 1 N–H and O–H groups in total. The van der Waals surface area contributed by atoms with Crippen molar-refractivity contribution in [3.63, 3.8) is 0 Å². The zero-order chi connectivity index (χ0) is 19.6. The van der Waals surface area contributed by atoms with Gasteiger partial charge in [-0.05, 0) is 75.2 Å². The molecule has 0 radical (unpaired) electrons. The van der Waals surface area contributed by atoms with Crippen LogP contribution in [0.2, 0.25) is 0 Å². The van der Waals surface area contributed by atoms with Crippen LogP contribution in [0.4, 0.5) is 5.82 Å². The highest BCUT2D eigenvalue weighted by atomic mass is 16.1. The highest BCUT2D eigenvalue weighted by Gasteiger charge is 2.31. The first-order valence-electron chi connectivity index (χ1n) is 10.4. The van der Waals surface area contributed by atoms with Gasteiger partial charge < -0.3 is 10.2 Å². The zero-order valence-electron chi connectivity index (χ0n) is 16.8. The van der Waals surface area contributed by atoms with Gasteiger partial charge in [-0.15, -0.1) is 14.8 Å². The van der Waals surface area contributed by atoms with E-state index in [9.17, 15) is 4.79 Å². The van der Waals surface area contributed by atoms with Gasteiger partial charge in [-0.2, -0.15) is 0 Å². The summed E-state index contributed by atoms with van der Waals surface area (Å²) in [7, 11) is 0. The highest BCUT2D eigenvalue weighted by molar-refractivity contribution is 5.79. The predicted octanol–water partition coefficient (Wildman–Crippen LogP) is 1.12. The van der Waals surface area contributed by atoms with Gasteiger partial charge in [0.2, 0.25) is 5.91 Å². The number of tetrazole rings is 1. The molecule has 2 fully saturated rings. The molecule has 2 saturated heterocycles. The quantitative estimate of drug-likeness (QED) is 0.823. The van der Waals surface area contributed by atoms with Crippen LogP contribution in [0.5, 0.6) is 0 Å². The maximum Gasteiger partial charge on any atom is 0.223 e. The third-order valence-corrected chi connectivity index (χ3v) is 6.15. The average Bonchev–Trinajstić information content (AvgIpc) is 3.21. The van der Waals surface area contributed by atoms with E-state index in [1.165, 1.54) is 23.9 Å². The van der Waals surface area contributed by atoms with E-state index in [-0.39, 0.29) is 17.4 Å². The lowest BCUT2D eigenvalue weighted by Crippen LogP contribution is -2.54. The molecule has 152 valence electrons. The Hall–Kier alpha value is -2.29. The first kappa shape index (κ1) is 19.0. The van der Waals surface area contributed by atoms with Gasteiger partial charge in [-0.25, -0.2) is 0 Å². The second-order valence-corrected chi connectivity index (χ2v) is 8.56. The Morgan fingerprint density at radius 3 is 2.64 bits per heavy atom. The first-order valence-corrected chi connectivity index (χ1v) is 10.4. The van der Waals surface area contributed by atoms with Gasteiger partial charge in [-0.3, -0.25) is 9.69 Å². The Morgan fingerprint density at radius 2 is 1.89 bits per heavy atom. The SMILES string of the molecule is CC(C)(CNC(=O)C1CCN(c2ccc3nnnn3n2)CC1)N1CCCCC1. The van der Waals surface area contributed by atoms with E-state index in [4.69, 9.17) is 0 Å². The summed E-state index contributed by atoms with van der Waals surface area (Å²) in [5, 5.41) is 19.0. The summed E-state index contributed by atoms with van der Waals surface area (Å²) in [6, 6.07) is 3.80. The minimum absolute atomic E-state index is 0.0158. The van der Waals surface area contributed by atoms with Gasteiger partial charge in [0.1, 0.15) is 0 Å². The third kappa shape index (κ3) is 4.09. The largest absolute Gasteiger partial charge is 0.355 e. The van der Waals surface area contributed by atoms with Crippen molar-refractivity contribution >= 4 is 17.4 Å². The first-order chi connectivity index (χ1) is 13.5. The molecule has 2 aliphatic rings. The van der Waals surface area contributed by atoms with Gasteiger partial charge >= 0.3 is 0 Å². The van der Waals surface area contributed by atoms with Crippen molar-refractivity contribution in [1.29, 1.82) is 0 Å². The highest BCUT2D eigenvalue weighted by Crippen LogP contribution is 2.23. The summed E-state index contributed by atoms with van der Waals surface area (Å²) in [5.41, 5.74) is 0.649. The Bertz CT molecular complexity index is 805. The van der Waals surface area contributed by atoms with Crippen LogP contribution in [0.25, 0.3) is 5.65 Å². The lowest BCUT2D eigenvalue weighted by molar-refractivity contribution is -0.126. The molecule has 0 aromatic carbocycles. The number of hydrogen-bond donors (Lipinski definition) is 1. The molecular formula is C19H30N8O. The molecule has 2 aromatic rings. The molecule has 0 saturated carbocycles. The summed E-state index contributed by atoms with van der Waals surface area (Å²) < 4.78 is 1.44. The minimum atomic E-state index is 0.0158. The van der Waals surface area contributed by atoms with Crippen molar-refractivity contribution in [2.45, 2.75) is 51.5 Å². The van der Waals surface area contributed by atoms with Crippen LogP contribution in [0, 0.1) is 5.92 Å². The number of carbonyl (C=O) groups excluding carboxylic acids is 1. The number of aromatic nitrogens is 5. The fraction of sp³-hybridized carbons (Fsp3) is 0.737. The van der Waals surface area contributed by atoms with E-state index in [1.54, 1.807) is 0 Å². The van der Waals surface area contributed by atoms with E-state index < -0.39 is 0 Å². The summed E-state index contributed by atoms with van der Waals surface area (Å²) in [6.07, 6.45) is 5.53. The van der Waals surface area contributed by atoms with E-state index in [1.807, 2.05) is 12.1 Å². The molecule has 2 aromatic heterocycles. The van der Waals surface area contributed by atoms with Crippen LogP contribution in [-0.2, 0) is 4.79 Å². The number of fused-ring (bicyclic) bond motifs is 1. The number of nitrogens with one attached hydrogen (secondary N) is 1. The molecule has 0 atom stereocenters. The van der Waals surface area contributed by atoms with Crippen LogP contribution < -0.4 is 10.2 Å². The van der Waals surface area contributed by atoms with Crippen molar-refractivity contribution < 1.29 is 4.79 Å². The van der Waals surface area contributed by atoms with Crippen LogP contribution in [0.3, 0.4) is 0 Å². The Balaban J connectivity index is 1.27. The Morgan fingerprint density at radius 1 is 1.14 bits per heavy atom. The number of amides is 1. The summed E-state index contributed by atoms with van der Waals surface area (Å²) in [5.74, 6) is 1.11. The molecule has 0 unspecified atom stereocenters. The van der Waals surface area contributed by atoms with Gasteiger partial charge in [0.15, 0.2) is 11.5 Å². The number of hydrogen-bond acceptors (Lipinski definition) is 7. The lowest BCUT2D eigenvalue weighted by atomic mass is 9.94. The predicted molar refractivity (Wildman–Crippen MR) is 106 cm³/mol. The molecule has 2 aliphatic heterocycles. The molecule has 4 rings (SSSR count).